The summed E-state index contributed by atoms with van der Waals surface area (Å²) < 4.78 is 76.7. The van der Waals surface area contributed by atoms with Crippen LogP contribution >= 0.6 is 0 Å². The fraction of sp³-hybridized carbons (Fsp3) is 0.700. The Morgan fingerprint density at radius 1 is 1.35 bits per heavy atom. The van der Waals surface area contributed by atoms with Crippen LogP contribution in [0.25, 0.3) is 0 Å². The molecule has 1 atom stereocenters. The van der Waals surface area contributed by atoms with Gasteiger partial charge in [0, 0.05) is 11.5 Å². The van der Waals surface area contributed by atoms with Crippen molar-refractivity contribution in [3.8, 4) is 0 Å². The lowest BCUT2D eigenvalue weighted by Gasteiger charge is -2.31. The van der Waals surface area contributed by atoms with E-state index in [-0.39, 0.29) is 0 Å². The molecule has 0 fully saturated rings. The first-order valence-corrected chi connectivity index (χ1v) is 6.79. The minimum Gasteiger partial charge on any atom is -0.460 e. The van der Waals surface area contributed by atoms with E-state index in [1.807, 2.05) is 0 Å². The van der Waals surface area contributed by atoms with E-state index in [0.717, 1.165) is 0 Å². The molecule has 5 nitrogen and oxygen atoms in total. The highest BCUT2D eigenvalue weighted by atomic mass is 32.2. The molecular weight excluding hydrogens is 306 g/mol. The SMILES string of the molecule is C=C(F)C(=O)OCC(C)(C)C(C)NS(=O)(=O)C(F)(F)F. The van der Waals surface area contributed by atoms with Crippen molar-refractivity contribution in [3.05, 3.63) is 12.4 Å². The molecular formula is C10H15F4NO4S. The van der Waals surface area contributed by atoms with Crippen molar-refractivity contribution in [2.45, 2.75) is 32.3 Å². The topological polar surface area (TPSA) is 72.5 Å². The average molecular weight is 321 g/mol. The largest absolute Gasteiger partial charge is 0.511 e. The number of halogens is 4. The number of rotatable bonds is 6. The third-order valence-corrected chi connectivity index (χ3v) is 3.88. The van der Waals surface area contributed by atoms with E-state index in [9.17, 15) is 30.8 Å². The lowest BCUT2D eigenvalue weighted by atomic mass is 9.87. The first-order valence-electron chi connectivity index (χ1n) is 5.31. The van der Waals surface area contributed by atoms with Gasteiger partial charge < -0.3 is 4.74 Å². The maximum absolute atomic E-state index is 12.4. The second-order valence-electron chi connectivity index (χ2n) is 4.76. The average Bonchev–Trinajstić information content (AvgIpc) is 2.23. The zero-order chi connectivity index (χ0) is 16.4. The first-order chi connectivity index (χ1) is 8.71. The summed E-state index contributed by atoms with van der Waals surface area (Å²) in [5, 5.41) is 0. The molecule has 0 aliphatic rings. The summed E-state index contributed by atoms with van der Waals surface area (Å²) in [5.74, 6) is -2.71. The summed E-state index contributed by atoms with van der Waals surface area (Å²) in [6.07, 6.45) is 0. The van der Waals surface area contributed by atoms with Gasteiger partial charge in [-0.1, -0.05) is 20.4 Å². The minimum absolute atomic E-state index is 0.490. The normalized spacial score (nSPS) is 14.8. The monoisotopic (exact) mass is 321 g/mol. The van der Waals surface area contributed by atoms with Gasteiger partial charge in [-0.15, -0.1) is 0 Å². The zero-order valence-corrected chi connectivity index (χ0v) is 11.9. The van der Waals surface area contributed by atoms with Gasteiger partial charge in [-0.2, -0.15) is 17.6 Å². The molecule has 0 spiro atoms. The van der Waals surface area contributed by atoms with Gasteiger partial charge in [0.15, 0.2) is 0 Å². The molecule has 0 saturated heterocycles. The predicted molar refractivity (Wildman–Crippen MR) is 62.6 cm³/mol. The molecule has 0 aromatic rings. The Morgan fingerprint density at radius 2 is 1.80 bits per heavy atom. The van der Waals surface area contributed by atoms with E-state index in [0.29, 0.717) is 0 Å². The van der Waals surface area contributed by atoms with Gasteiger partial charge in [-0.25, -0.2) is 17.9 Å². The molecule has 0 heterocycles. The van der Waals surface area contributed by atoms with Crippen molar-refractivity contribution in [2.75, 3.05) is 6.61 Å². The third-order valence-electron chi connectivity index (χ3n) is 2.61. The lowest BCUT2D eigenvalue weighted by Crippen LogP contribution is -2.49. The Bertz CT molecular complexity index is 484. The second-order valence-corrected chi connectivity index (χ2v) is 6.46. The van der Waals surface area contributed by atoms with Crippen LogP contribution in [-0.4, -0.2) is 32.5 Å². The Labute approximate surface area is 114 Å². The molecule has 0 rings (SSSR count). The highest BCUT2D eigenvalue weighted by Crippen LogP contribution is 2.27. The summed E-state index contributed by atoms with van der Waals surface area (Å²) in [6.45, 7) is 6.07. The summed E-state index contributed by atoms with van der Waals surface area (Å²) in [5.41, 5.74) is -6.63. The smallest absolute Gasteiger partial charge is 0.460 e. The Kier molecular flexibility index (Phi) is 5.73. The number of hydrogen-bond donors (Lipinski definition) is 1. The van der Waals surface area contributed by atoms with Crippen molar-refractivity contribution in [2.24, 2.45) is 5.41 Å². The number of carbonyl (C=O) groups is 1. The molecule has 0 bridgehead atoms. The molecule has 0 aliphatic carbocycles. The summed E-state index contributed by atoms with van der Waals surface area (Å²) in [7, 11) is -5.52. The number of nitrogens with one attached hydrogen (secondary N) is 1. The van der Waals surface area contributed by atoms with E-state index in [2.05, 4.69) is 11.3 Å². The Balaban J connectivity index is 4.80. The summed E-state index contributed by atoms with van der Waals surface area (Å²) in [4.78, 5) is 10.8. The molecule has 0 aromatic carbocycles. The van der Waals surface area contributed by atoms with Crippen LogP contribution in [0.3, 0.4) is 0 Å². The number of sulfonamides is 1. The first kappa shape index (κ1) is 18.8. The molecule has 0 saturated carbocycles. The third kappa shape index (κ3) is 5.08. The Morgan fingerprint density at radius 3 is 2.15 bits per heavy atom. The molecule has 20 heavy (non-hydrogen) atoms. The van der Waals surface area contributed by atoms with Crippen molar-refractivity contribution in [1.29, 1.82) is 0 Å². The number of hydrogen-bond acceptors (Lipinski definition) is 4. The molecule has 10 heteroatoms. The van der Waals surface area contributed by atoms with E-state index in [1.54, 1.807) is 0 Å². The molecule has 0 radical (unpaired) electrons. The molecule has 0 aliphatic heterocycles. The fourth-order valence-electron chi connectivity index (χ4n) is 0.914. The van der Waals surface area contributed by atoms with Gasteiger partial charge in [0.25, 0.3) is 0 Å². The second kappa shape index (κ2) is 6.08. The van der Waals surface area contributed by atoms with Crippen LogP contribution in [0.5, 0.6) is 0 Å². The van der Waals surface area contributed by atoms with Gasteiger partial charge in [-0.3, -0.25) is 0 Å². The molecule has 118 valence electrons. The van der Waals surface area contributed by atoms with Gasteiger partial charge >= 0.3 is 21.5 Å². The number of alkyl halides is 3. The van der Waals surface area contributed by atoms with E-state index < -0.39 is 45.4 Å². The number of carbonyl (C=O) groups excluding carboxylic acids is 1. The van der Waals surface area contributed by atoms with E-state index >= 15 is 0 Å². The van der Waals surface area contributed by atoms with Crippen molar-refractivity contribution < 1.29 is 35.5 Å². The van der Waals surface area contributed by atoms with E-state index in [4.69, 9.17) is 0 Å². The Hall–Kier alpha value is -1.16. The summed E-state index contributed by atoms with van der Waals surface area (Å²) in [6, 6.07) is -1.21. The van der Waals surface area contributed by atoms with Crippen LogP contribution in [0.4, 0.5) is 17.6 Å². The predicted octanol–water partition coefficient (Wildman–Crippen LogP) is 1.87. The van der Waals surface area contributed by atoms with Gasteiger partial charge in [-0.05, 0) is 6.92 Å². The van der Waals surface area contributed by atoms with Gasteiger partial charge in [0.1, 0.15) is 0 Å². The standard InChI is InChI=1S/C10H15F4NO4S/c1-6(11)8(16)19-5-9(3,4)7(2)15-20(17,18)10(12,13)14/h7,15H,1,5H2,2-4H3. The molecule has 1 N–H and O–H groups in total. The molecule has 0 aromatic heterocycles. The van der Waals surface area contributed by atoms with Crippen LogP contribution in [-0.2, 0) is 19.6 Å². The van der Waals surface area contributed by atoms with Crippen LogP contribution < -0.4 is 4.72 Å². The maximum atomic E-state index is 12.4. The minimum atomic E-state index is -5.52. The lowest BCUT2D eigenvalue weighted by molar-refractivity contribution is -0.144. The number of ether oxygens (including phenoxy) is 1. The summed E-state index contributed by atoms with van der Waals surface area (Å²) >= 11 is 0. The van der Waals surface area contributed by atoms with Crippen molar-refractivity contribution in [3.63, 3.8) is 0 Å². The van der Waals surface area contributed by atoms with Crippen LogP contribution in [0.2, 0.25) is 0 Å². The quantitative estimate of drug-likeness (QED) is 0.460. The fourth-order valence-corrected chi connectivity index (χ4v) is 1.83. The van der Waals surface area contributed by atoms with E-state index in [1.165, 1.54) is 25.5 Å². The highest BCUT2D eigenvalue weighted by Gasteiger charge is 2.48. The van der Waals surface area contributed by atoms with Crippen molar-refractivity contribution in [1.82, 2.24) is 4.72 Å². The van der Waals surface area contributed by atoms with Gasteiger partial charge in [0.2, 0.25) is 5.83 Å². The van der Waals surface area contributed by atoms with Crippen LogP contribution in [0.1, 0.15) is 20.8 Å². The van der Waals surface area contributed by atoms with Gasteiger partial charge in [0.05, 0.1) is 6.61 Å². The number of esters is 1. The highest BCUT2D eigenvalue weighted by molar-refractivity contribution is 7.90. The maximum Gasteiger partial charge on any atom is 0.511 e. The molecule has 1 unspecified atom stereocenters. The van der Waals surface area contributed by atoms with Crippen molar-refractivity contribution >= 4 is 16.0 Å². The molecule has 0 amide bonds. The zero-order valence-electron chi connectivity index (χ0n) is 11.0. The van der Waals surface area contributed by atoms with Crippen LogP contribution in [0, 0.1) is 5.41 Å². The van der Waals surface area contributed by atoms with Crippen LogP contribution in [0.15, 0.2) is 12.4 Å².